The average Bonchev–Trinajstić information content (AvgIpc) is 3.08. The lowest BCUT2D eigenvalue weighted by molar-refractivity contribution is -0.171. The molecule has 0 aromatic heterocycles. The molecule has 0 bridgehead atoms. The molecule has 1 aromatic carbocycles. The first-order valence-corrected chi connectivity index (χ1v) is 9.14. The molecular formula is C20H27NO5. The van der Waals surface area contributed by atoms with E-state index < -0.39 is 17.4 Å². The van der Waals surface area contributed by atoms with Crippen LogP contribution in [0, 0.1) is 11.3 Å². The number of hydrogen-bond donors (Lipinski definition) is 0. The van der Waals surface area contributed by atoms with E-state index in [-0.39, 0.29) is 19.1 Å². The summed E-state index contributed by atoms with van der Waals surface area (Å²) in [6, 6.07) is 9.79. The van der Waals surface area contributed by atoms with Gasteiger partial charge in [-0.05, 0) is 51.0 Å². The van der Waals surface area contributed by atoms with Crippen LogP contribution in [0.2, 0.25) is 0 Å². The summed E-state index contributed by atoms with van der Waals surface area (Å²) < 4.78 is 10.3. The van der Waals surface area contributed by atoms with Gasteiger partial charge >= 0.3 is 11.9 Å². The Morgan fingerprint density at radius 2 is 1.81 bits per heavy atom. The third-order valence-electron chi connectivity index (χ3n) is 4.61. The minimum absolute atomic E-state index is 0.174. The Kier molecular flexibility index (Phi) is 7.63. The first-order valence-electron chi connectivity index (χ1n) is 9.14. The third-order valence-corrected chi connectivity index (χ3v) is 4.61. The molecule has 0 N–H and O–H groups in total. The smallest absolute Gasteiger partial charge is 0.323 e. The SMILES string of the molecule is CCOC(=O)C1(C(=O)OCC)CCC(C/C=N/OCc2ccccc2)C1. The summed E-state index contributed by atoms with van der Waals surface area (Å²) >= 11 is 0. The van der Waals surface area contributed by atoms with Crippen LogP contribution in [0.1, 0.15) is 45.1 Å². The fraction of sp³-hybridized carbons (Fsp3) is 0.550. The van der Waals surface area contributed by atoms with Crippen LogP contribution in [0.3, 0.4) is 0 Å². The second kappa shape index (κ2) is 9.94. The highest BCUT2D eigenvalue weighted by atomic mass is 16.6. The summed E-state index contributed by atoms with van der Waals surface area (Å²) in [6.07, 6.45) is 3.99. The molecule has 0 spiro atoms. The normalized spacial score (nSPS) is 18.6. The zero-order chi connectivity index (χ0) is 18.8. The van der Waals surface area contributed by atoms with Crippen LogP contribution >= 0.6 is 0 Å². The molecule has 1 saturated carbocycles. The van der Waals surface area contributed by atoms with Crippen LogP contribution in [0.15, 0.2) is 35.5 Å². The van der Waals surface area contributed by atoms with Crippen LogP contribution in [0.5, 0.6) is 0 Å². The maximum Gasteiger partial charge on any atom is 0.323 e. The number of ether oxygens (including phenoxy) is 2. The Hall–Kier alpha value is -2.37. The van der Waals surface area contributed by atoms with E-state index in [1.807, 2.05) is 30.3 Å². The summed E-state index contributed by atoms with van der Waals surface area (Å²) in [7, 11) is 0. The zero-order valence-corrected chi connectivity index (χ0v) is 15.5. The molecule has 1 aliphatic rings. The highest BCUT2D eigenvalue weighted by Crippen LogP contribution is 2.45. The maximum atomic E-state index is 12.4. The molecule has 0 radical (unpaired) electrons. The van der Waals surface area contributed by atoms with Gasteiger partial charge in [-0.15, -0.1) is 0 Å². The largest absolute Gasteiger partial charge is 0.465 e. The molecule has 1 atom stereocenters. The van der Waals surface area contributed by atoms with Crippen molar-refractivity contribution in [3.8, 4) is 0 Å². The quantitative estimate of drug-likeness (QED) is 0.291. The monoisotopic (exact) mass is 361 g/mol. The second-order valence-electron chi connectivity index (χ2n) is 6.41. The van der Waals surface area contributed by atoms with E-state index in [0.29, 0.717) is 25.9 Å². The standard InChI is InChI=1S/C20H27NO5/c1-3-24-18(22)20(19(23)25-4-2)12-10-16(14-20)11-13-21-26-15-17-8-6-5-7-9-17/h5-9,13,16H,3-4,10-12,14-15H2,1-2H3/b21-13+. The first-order chi connectivity index (χ1) is 12.6. The number of hydrogen-bond acceptors (Lipinski definition) is 6. The van der Waals surface area contributed by atoms with E-state index in [4.69, 9.17) is 14.3 Å². The number of benzene rings is 1. The minimum Gasteiger partial charge on any atom is -0.465 e. The molecule has 0 aliphatic heterocycles. The average molecular weight is 361 g/mol. The highest BCUT2D eigenvalue weighted by molar-refractivity contribution is 6.00. The van der Waals surface area contributed by atoms with Crippen molar-refractivity contribution in [1.82, 2.24) is 0 Å². The minimum atomic E-state index is -1.17. The lowest BCUT2D eigenvalue weighted by Crippen LogP contribution is -2.40. The Labute approximate surface area is 154 Å². The predicted molar refractivity (Wildman–Crippen MR) is 97.4 cm³/mol. The van der Waals surface area contributed by atoms with Crippen LogP contribution < -0.4 is 0 Å². The Morgan fingerprint density at radius 1 is 1.15 bits per heavy atom. The van der Waals surface area contributed by atoms with Crippen molar-refractivity contribution in [3.05, 3.63) is 35.9 Å². The molecule has 1 aromatic rings. The van der Waals surface area contributed by atoms with E-state index in [2.05, 4.69) is 5.16 Å². The van der Waals surface area contributed by atoms with Gasteiger partial charge < -0.3 is 14.3 Å². The van der Waals surface area contributed by atoms with Gasteiger partial charge in [-0.25, -0.2) is 0 Å². The van der Waals surface area contributed by atoms with E-state index in [0.717, 1.165) is 12.0 Å². The molecular weight excluding hydrogens is 334 g/mol. The van der Waals surface area contributed by atoms with Gasteiger partial charge in [-0.2, -0.15) is 0 Å². The number of oxime groups is 1. The van der Waals surface area contributed by atoms with Gasteiger partial charge in [-0.1, -0.05) is 35.5 Å². The Bertz CT molecular complexity index is 596. The van der Waals surface area contributed by atoms with Crippen molar-refractivity contribution in [2.45, 2.75) is 46.1 Å². The molecule has 0 amide bonds. The molecule has 1 unspecified atom stereocenters. The van der Waals surface area contributed by atoms with Crippen LogP contribution in [0.25, 0.3) is 0 Å². The van der Waals surface area contributed by atoms with Crippen LogP contribution in [0.4, 0.5) is 0 Å². The number of rotatable bonds is 9. The zero-order valence-electron chi connectivity index (χ0n) is 15.5. The topological polar surface area (TPSA) is 74.2 Å². The fourth-order valence-corrected chi connectivity index (χ4v) is 3.27. The van der Waals surface area contributed by atoms with Gasteiger partial charge in [0.2, 0.25) is 0 Å². The Morgan fingerprint density at radius 3 is 2.42 bits per heavy atom. The van der Waals surface area contributed by atoms with E-state index >= 15 is 0 Å². The van der Waals surface area contributed by atoms with Crippen molar-refractivity contribution >= 4 is 18.2 Å². The van der Waals surface area contributed by atoms with Crippen molar-refractivity contribution < 1.29 is 23.9 Å². The van der Waals surface area contributed by atoms with Gasteiger partial charge in [0.15, 0.2) is 5.41 Å². The van der Waals surface area contributed by atoms with Gasteiger partial charge in [0.1, 0.15) is 6.61 Å². The fourth-order valence-electron chi connectivity index (χ4n) is 3.27. The van der Waals surface area contributed by atoms with Crippen molar-refractivity contribution in [2.24, 2.45) is 16.5 Å². The predicted octanol–water partition coefficient (Wildman–Crippen LogP) is 3.49. The molecule has 2 rings (SSSR count). The first kappa shape index (κ1) is 19.9. The van der Waals surface area contributed by atoms with E-state index in [1.54, 1.807) is 20.1 Å². The van der Waals surface area contributed by atoms with Gasteiger partial charge in [0, 0.05) is 6.21 Å². The molecule has 1 fully saturated rings. The summed E-state index contributed by atoms with van der Waals surface area (Å²) in [5.74, 6) is -0.774. The number of esters is 2. The molecule has 0 heterocycles. The third kappa shape index (κ3) is 5.07. The van der Waals surface area contributed by atoms with Gasteiger partial charge in [0.25, 0.3) is 0 Å². The summed E-state index contributed by atoms with van der Waals surface area (Å²) in [5, 5.41) is 3.98. The molecule has 1 aliphatic carbocycles. The molecule has 6 nitrogen and oxygen atoms in total. The van der Waals surface area contributed by atoms with E-state index in [9.17, 15) is 9.59 Å². The van der Waals surface area contributed by atoms with Crippen LogP contribution in [-0.2, 0) is 30.5 Å². The van der Waals surface area contributed by atoms with Crippen molar-refractivity contribution in [3.63, 3.8) is 0 Å². The lowest BCUT2D eigenvalue weighted by Gasteiger charge is -2.24. The highest BCUT2D eigenvalue weighted by Gasteiger charge is 2.53. The van der Waals surface area contributed by atoms with Gasteiger partial charge in [0.05, 0.1) is 13.2 Å². The van der Waals surface area contributed by atoms with Crippen molar-refractivity contribution in [1.29, 1.82) is 0 Å². The van der Waals surface area contributed by atoms with Crippen LogP contribution in [-0.4, -0.2) is 31.4 Å². The molecule has 26 heavy (non-hydrogen) atoms. The number of carbonyl (C=O) groups excluding carboxylic acids is 2. The second-order valence-corrected chi connectivity index (χ2v) is 6.41. The summed E-state index contributed by atoms with van der Waals surface area (Å²) in [4.78, 5) is 30.1. The van der Waals surface area contributed by atoms with Gasteiger partial charge in [-0.3, -0.25) is 9.59 Å². The number of carbonyl (C=O) groups is 2. The number of nitrogens with zero attached hydrogens (tertiary/aromatic N) is 1. The maximum absolute atomic E-state index is 12.4. The summed E-state index contributed by atoms with van der Waals surface area (Å²) in [6.45, 7) is 4.39. The van der Waals surface area contributed by atoms with Crippen molar-refractivity contribution in [2.75, 3.05) is 13.2 Å². The molecule has 6 heteroatoms. The lowest BCUT2D eigenvalue weighted by atomic mass is 9.85. The Balaban J connectivity index is 1.86. The van der Waals surface area contributed by atoms with E-state index in [1.165, 1.54) is 0 Å². The summed E-state index contributed by atoms with van der Waals surface area (Å²) in [5.41, 5.74) is -0.121. The molecule has 0 saturated heterocycles. The molecule has 142 valence electrons.